The number of hydrogen-bond donors (Lipinski definition) is 1. The van der Waals surface area contributed by atoms with Gasteiger partial charge >= 0.3 is 0 Å². The Morgan fingerprint density at radius 3 is 2.58 bits per heavy atom. The largest absolute Gasteiger partial charge is 0.493 e. The normalized spacial score (nSPS) is 16.4. The summed E-state index contributed by atoms with van der Waals surface area (Å²) in [7, 11) is 5.80. The first-order valence-electron chi connectivity index (χ1n) is 8.98. The van der Waals surface area contributed by atoms with E-state index in [2.05, 4.69) is 52.9 Å². The molecule has 1 unspecified atom stereocenters. The fourth-order valence-electron chi connectivity index (χ4n) is 3.27. The van der Waals surface area contributed by atoms with Crippen LogP contribution >= 0.6 is 11.8 Å². The minimum atomic E-state index is 0.191. The standard InChI is InChI=1S/C21H28N2O2S/c1-23(2)11-12-25-20-14-18-16(13-19(20)24-3)9-10-22-21(18)15-5-7-17(26-4)8-6-15/h5-8,13-14,21-22H,9-12H2,1-4H3. The van der Waals surface area contributed by atoms with Crippen molar-refractivity contribution in [2.75, 3.05) is 47.2 Å². The number of methoxy groups -OCH3 is 1. The van der Waals surface area contributed by atoms with Gasteiger partial charge in [-0.05, 0) is 67.7 Å². The van der Waals surface area contributed by atoms with Gasteiger partial charge in [-0.2, -0.15) is 0 Å². The van der Waals surface area contributed by atoms with Gasteiger partial charge in [-0.25, -0.2) is 0 Å². The Balaban J connectivity index is 1.90. The van der Waals surface area contributed by atoms with Crippen LogP contribution in [-0.2, 0) is 6.42 Å². The zero-order valence-corrected chi connectivity index (χ0v) is 16.9. The topological polar surface area (TPSA) is 33.7 Å². The first-order chi connectivity index (χ1) is 12.6. The number of likely N-dealkylation sites (N-methyl/N-ethyl adjacent to an activating group) is 1. The Bertz CT molecular complexity index is 732. The van der Waals surface area contributed by atoms with Crippen LogP contribution in [-0.4, -0.2) is 52.1 Å². The van der Waals surface area contributed by atoms with Gasteiger partial charge in [0.15, 0.2) is 11.5 Å². The Hall–Kier alpha value is -1.69. The van der Waals surface area contributed by atoms with E-state index in [4.69, 9.17) is 9.47 Å². The smallest absolute Gasteiger partial charge is 0.161 e. The zero-order valence-electron chi connectivity index (χ0n) is 16.0. The summed E-state index contributed by atoms with van der Waals surface area (Å²) in [6, 6.07) is 13.3. The third-order valence-electron chi connectivity index (χ3n) is 4.72. The molecule has 5 heteroatoms. The van der Waals surface area contributed by atoms with Crippen molar-refractivity contribution in [3.63, 3.8) is 0 Å². The highest BCUT2D eigenvalue weighted by Gasteiger charge is 2.24. The molecule has 0 spiro atoms. The van der Waals surface area contributed by atoms with Crippen LogP contribution in [0.5, 0.6) is 11.5 Å². The monoisotopic (exact) mass is 372 g/mol. The van der Waals surface area contributed by atoms with E-state index in [-0.39, 0.29) is 6.04 Å². The van der Waals surface area contributed by atoms with Crippen molar-refractivity contribution in [3.8, 4) is 11.5 Å². The lowest BCUT2D eigenvalue weighted by Crippen LogP contribution is -2.30. The van der Waals surface area contributed by atoms with E-state index in [9.17, 15) is 0 Å². The number of fused-ring (bicyclic) bond motifs is 1. The number of nitrogens with one attached hydrogen (secondary N) is 1. The molecule has 1 aliphatic heterocycles. The third kappa shape index (κ3) is 4.34. The van der Waals surface area contributed by atoms with Crippen LogP contribution < -0.4 is 14.8 Å². The van der Waals surface area contributed by atoms with Gasteiger partial charge < -0.3 is 19.7 Å². The Morgan fingerprint density at radius 1 is 1.15 bits per heavy atom. The maximum Gasteiger partial charge on any atom is 0.161 e. The summed E-state index contributed by atoms with van der Waals surface area (Å²) in [4.78, 5) is 3.40. The molecular formula is C21H28N2O2S. The summed E-state index contributed by atoms with van der Waals surface area (Å²) in [6.45, 7) is 2.48. The van der Waals surface area contributed by atoms with Crippen molar-refractivity contribution in [3.05, 3.63) is 53.1 Å². The maximum absolute atomic E-state index is 6.03. The number of rotatable bonds is 7. The van der Waals surface area contributed by atoms with Crippen molar-refractivity contribution in [2.45, 2.75) is 17.4 Å². The lowest BCUT2D eigenvalue weighted by Gasteiger charge is -2.29. The SMILES string of the molecule is COc1cc2c(cc1OCCN(C)C)C(c1ccc(SC)cc1)NCC2. The molecule has 1 N–H and O–H groups in total. The molecule has 0 bridgehead atoms. The average molecular weight is 373 g/mol. The minimum Gasteiger partial charge on any atom is -0.493 e. The number of hydrogen-bond acceptors (Lipinski definition) is 5. The van der Waals surface area contributed by atoms with Gasteiger partial charge in [0.1, 0.15) is 6.61 Å². The first kappa shape index (κ1) is 19.1. The Kier molecular flexibility index (Phi) is 6.46. The van der Waals surface area contributed by atoms with Crippen LogP contribution in [0.25, 0.3) is 0 Å². The van der Waals surface area contributed by atoms with Gasteiger partial charge in [0.25, 0.3) is 0 Å². The van der Waals surface area contributed by atoms with E-state index < -0.39 is 0 Å². The molecule has 3 rings (SSSR count). The summed E-state index contributed by atoms with van der Waals surface area (Å²) in [6.07, 6.45) is 3.11. The van der Waals surface area contributed by atoms with Crippen molar-refractivity contribution in [1.29, 1.82) is 0 Å². The second-order valence-corrected chi connectivity index (χ2v) is 7.64. The molecule has 2 aromatic rings. The van der Waals surface area contributed by atoms with Crippen molar-refractivity contribution >= 4 is 11.8 Å². The summed E-state index contributed by atoms with van der Waals surface area (Å²) in [5.41, 5.74) is 3.90. The highest BCUT2D eigenvalue weighted by Crippen LogP contribution is 2.37. The second-order valence-electron chi connectivity index (χ2n) is 6.76. The van der Waals surface area contributed by atoms with Crippen LogP contribution in [0.4, 0.5) is 0 Å². The quantitative estimate of drug-likeness (QED) is 0.751. The third-order valence-corrected chi connectivity index (χ3v) is 5.47. The average Bonchev–Trinajstić information content (AvgIpc) is 2.66. The summed E-state index contributed by atoms with van der Waals surface area (Å²) < 4.78 is 11.6. The van der Waals surface area contributed by atoms with Gasteiger partial charge in [0.05, 0.1) is 13.2 Å². The molecule has 0 aliphatic carbocycles. The minimum absolute atomic E-state index is 0.191. The molecule has 0 aromatic heterocycles. The molecular weight excluding hydrogens is 344 g/mol. The van der Waals surface area contributed by atoms with Crippen LogP contribution in [0.2, 0.25) is 0 Å². The van der Waals surface area contributed by atoms with Crippen LogP contribution in [0.1, 0.15) is 22.7 Å². The van der Waals surface area contributed by atoms with Crippen molar-refractivity contribution in [1.82, 2.24) is 10.2 Å². The van der Waals surface area contributed by atoms with Gasteiger partial charge in [-0.15, -0.1) is 11.8 Å². The molecule has 0 radical (unpaired) electrons. The molecule has 26 heavy (non-hydrogen) atoms. The lowest BCUT2D eigenvalue weighted by molar-refractivity contribution is 0.250. The fourth-order valence-corrected chi connectivity index (χ4v) is 3.68. The van der Waals surface area contributed by atoms with E-state index in [1.54, 1.807) is 18.9 Å². The van der Waals surface area contributed by atoms with Gasteiger partial charge in [0.2, 0.25) is 0 Å². The fraction of sp³-hybridized carbons (Fsp3) is 0.429. The molecule has 140 valence electrons. The van der Waals surface area contributed by atoms with E-state index in [0.29, 0.717) is 6.61 Å². The lowest BCUT2D eigenvalue weighted by atomic mass is 9.89. The molecule has 0 amide bonds. The summed E-state index contributed by atoms with van der Waals surface area (Å²) in [5, 5.41) is 3.66. The molecule has 0 fully saturated rings. The van der Waals surface area contributed by atoms with Gasteiger partial charge in [-0.1, -0.05) is 12.1 Å². The zero-order chi connectivity index (χ0) is 18.5. The number of ether oxygens (including phenoxy) is 2. The van der Waals surface area contributed by atoms with Crippen LogP contribution in [0, 0.1) is 0 Å². The molecule has 1 aliphatic rings. The van der Waals surface area contributed by atoms with E-state index in [0.717, 1.165) is 31.0 Å². The van der Waals surface area contributed by atoms with E-state index >= 15 is 0 Å². The first-order valence-corrected chi connectivity index (χ1v) is 10.2. The van der Waals surface area contributed by atoms with E-state index in [1.165, 1.54) is 21.6 Å². The molecule has 0 saturated carbocycles. The van der Waals surface area contributed by atoms with Gasteiger partial charge in [0, 0.05) is 18.0 Å². The molecule has 2 aromatic carbocycles. The second kappa shape index (κ2) is 8.80. The van der Waals surface area contributed by atoms with Gasteiger partial charge in [-0.3, -0.25) is 0 Å². The number of benzene rings is 2. The Labute approximate surface area is 160 Å². The predicted octanol–water partition coefficient (Wildman–Crippen LogP) is 3.59. The van der Waals surface area contributed by atoms with Crippen molar-refractivity contribution < 1.29 is 9.47 Å². The Morgan fingerprint density at radius 2 is 1.92 bits per heavy atom. The molecule has 4 nitrogen and oxygen atoms in total. The molecule has 0 saturated heterocycles. The summed E-state index contributed by atoms with van der Waals surface area (Å²) >= 11 is 1.77. The summed E-state index contributed by atoms with van der Waals surface area (Å²) in [5.74, 6) is 1.64. The maximum atomic E-state index is 6.03. The number of thioether (sulfide) groups is 1. The van der Waals surface area contributed by atoms with Crippen molar-refractivity contribution in [2.24, 2.45) is 0 Å². The highest BCUT2D eigenvalue weighted by molar-refractivity contribution is 7.98. The highest BCUT2D eigenvalue weighted by atomic mass is 32.2. The van der Waals surface area contributed by atoms with Crippen LogP contribution in [0.3, 0.4) is 0 Å². The van der Waals surface area contributed by atoms with E-state index in [1.807, 2.05) is 14.1 Å². The number of nitrogens with zero attached hydrogens (tertiary/aromatic N) is 1. The molecule has 1 heterocycles. The predicted molar refractivity (Wildman–Crippen MR) is 109 cm³/mol. The van der Waals surface area contributed by atoms with Crippen LogP contribution in [0.15, 0.2) is 41.3 Å². The molecule has 1 atom stereocenters.